The number of carbonyl (C=O) groups excluding carboxylic acids is 3. The summed E-state index contributed by atoms with van der Waals surface area (Å²) in [4.78, 5) is 44.9. The van der Waals surface area contributed by atoms with E-state index in [0.29, 0.717) is 51.3 Å². The van der Waals surface area contributed by atoms with Crippen LogP contribution in [0.3, 0.4) is 0 Å². The number of likely N-dealkylation sites (tertiary alicyclic amines) is 1. The first kappa shape index (κ1) is 22.7. The molecule has 2 atom stereocenters. The molecule has 1 aliphatic carbocycles. The molecule has 2 aliphatic heterocycles. The molecule has 1 aromatic rings. The summed E-state index contributed by atoms with van der Waals surface area (Å²) in [5.41, 5.74) is 0.335. The van der Waals surface area contributed by atoms with Crippen LogP contribution in [0.5, 0.6) is 0 Å². The number of carbonyl (C=O) groups is 3. The van der Waals surface area contributed by atoms with E-state index >= 15 is 0 Å². The molecule has 2 saturated heterocycles. The largest absolute Gasteiger partial charge is 0.383 e. The Morgan fingerprint density at radius 3 is 2.47 bits per heavy atom. The lowest BCUT2D eigenvalue weighted by Crippen LogP contribution is -2.53. The van der Waals surface area contributed by atoms with Gasteiger partial charge in [-0.15, -0.1) is 0 Å². The molecule has 3 fully saturated rings. The van der Waals surface area contributed by atoms with Gasteiger partial charge in [0.25, 0.3) is 5.91 Å². The van der Waals surface area contributed by atoms with E-state index in [1.807, 2.05) is 0 Å². The number of nitrogens with one attached hydrogen (secondary N) is 1. The van der Waals surface area contributed by atoms with Crippen LogP contribution >= 0.6 is 0 Å². The SMILES string of the molecule is COCCN(C(=O)C1CC1)C1CC(C(=O)N2CCNCC2)N(C(=O)c2ccc(F)cc2)C1. The van der Waals surface area contributed by atoms with Gasteiger partial charge in [0.2, 0.25) is 11.8 Å². The van der Waals surface area contributed by atoms with E-state index in [-0.39, 0.29) is 36.2 Å². The quantitative estimate of drug-likeness (QED) is 0.668. The van der Waals surface area contributed by atoms with E-state index in [0.717, 1.165) is 12.8 Å². The maximum atomic E-state index is 13.4. The fourth-order valence-corrected chi connectivity index (χ4v) is 4.58. The van der Waals surface area contributed by atoms with Gasteiger partial charge in [-0.3, -0.25) is 14.4 Å². The van der Waals surface area contributed by atoms with Crippen LogP contribution in [-0.2, 0) is 14.3 Å². The minimum atomic E-state index is -0.646. The second-order valence-electron chi connectivity index (χ2n) is 8.74. The van der Waals surface area contributed by atoms with Gasteiger partial charge in [0.05, 0.1) is 12.6 Å². The monoisotopic (exact) mass is 446 g/mol. The first-order valence-electron chi connectivity index (χ1n) is 11.3. The van der Waals surface area contributed by atoms with Crippen molar-refractivity contribution in [3.8, 4) is 0 Å². The van der Waals surface area contributed by atoms with E-state index in [4.69, 9.17) is 4.74 Å². The summed E-state index contributed by atoms with van der Waals surface area (Å²) >= 11 is 0. The Kier molecular flexibility index (Phi) is 7.05. The summed E-state index contributed by atoms with van der Waals surface area (Å²) in [7, 11) is 1.59. The second kappa shape index (κ2) is 9.95. The van der Waals surface area contributed by atoms with Crippen molar-refractivity contribution in [2.75, 3.05) is 53.0 Å². The number of amides is 3. The Hall–Kier alpha value is -2.52. The number of methoxy groups -OCH3 is 1. The van der Waals surface area contributed by atoms with Gasteiger partial charge >= 0.3 is 0 Å². The molecule has 32 heavy (non-hydrogen) atoms. The first-order chi connectivity index (χ1) is 15.5. The molecule has 0 aromatic heterocycles. The van der Waals surface area contributed by atoms with Crippen molar-refractivity contribution in [1.29, 1.82) is 0 Å². The van der Waals surface area contributed by atoms with E-state index in [2.05, 4.69) is 5.32 Å². The van der Waals surface area contributed by atoms with Crippen molar-refractivity contribution in [3.63, 3.8) is 0 Å². The summed E-state index contributed by atoms with van der Waals surface area (Å²) in [6, 6.07) is 4.47. The molecule has 3 amide bonds. The normalized spacial score (nSPS) is 23.3. The van der Waals surface area contributed by atoms with Crippen molar-refractivity contribution in [2.24, 2.45) is 5.92 Å². The van der Waals surface area contributed by atoms with Crippen LogP contribution in [0, 0.1) is 11.7 Å². The maximum absolute atomic E-state index is 13.4. The Balaban J connectivity index is 1.58. The van der Waals surface area contributed by atoms with Crippen molar-refractivity contribution in [3.05, 3.63) is 35.6 Å². The molecule has 2 heterocycles. The molecule has 0 radical (unpaired) electrons. The molecule has 174 valence electrons. The molecule has 1 aromatic carbocycles. The van der Waals surface area contributed by atoms with E-state index in [1.54, 1.807) is 21.8 Å². The van der Waals surface area contributed by atoms with Gasteiger partial charge in [0.15, 0.2) is 0 Å². The van der Waals surface area contributed by atoms with Crippen LogP contribution in [-0.4, -0.2) is 97.5 Å². The summed E-state index contributed by atoms with van der Waals surface area (Å²) in [5.74, 6) is -0.704. The molecule has 0 bridgehead atoms. The third kappa shape index (κ3) is 4.94. The number of rotatable bonds is 7. The maximum Gasteiger partial charge on any atom is 0.254 e. The average Bonchev–Trinajstić information content (AvgIpc) is 3.58. The van der Waals surface area contributed by atoms with Crippen LogP contribution < -0.4 is 5.32 Å². The minimum Gasteiger partial charge on any atom is -0.383 e. The van der Waals surface area contributed by atoms with Crippen LogP contribution in [0.4, 0.5) is 4.39 Å². The van der Waals surface area contributed by atoms with Gasteiger partial charge in [0.1, 0.15) is 11.9 Å². The van der Waals surface area contributed by atoms with E-state index in [1.165, 1.54) is 24.3 Å². The highest BCUT2D eigenvalue weighted by atomic mass is 19.1. The number of hydrogen-bond acceptors (Lipinski definition) is 5. The number of benzene rings is 1. The summed E-state index contributed by atoms with van der Waals surface area (Å²) < 4.78 is 18.6. The molecule has 3 aliphatic rings. The number of hydrogen-bond donors (Lipinski definition) is 1. The van der Waals surface area contributed by atoms with E-state index < -0.39 is 11.9 Å². The molecule has 1 saturated carbocycles. The second-order valence-corrected chi connectivity index (χ2v) is 8.74. The highest BCUT2D eigenvalue weighted by Crippen LogP contribution is 2.34. The molecule has 2 unspecified atom stereocenters. The van der Waals surface area contributed by atoms with Gasteiger partial charge in [-0.1, -0.05) is 0 Å². The Morgan fingerprint density at radius 1 is 1.16 bits per heavy atom. The van der Waals surface area contributed by atoms with Gasteiger partial charge < -0.3 is 24.8 Å². The average molecular weight is 447 g/mol. The molecular formula is C23H31FN4O4. The Bertz CT molecular complexity index is 839. The predicted octanol–water partition coefficient (Wildman–Crippen LogP) is 0.726. The fraction of sp³-hybridized carbons (Fsp3) is 0.609. The van der Waals surface area contributed by atoms with Gasteiger partial charge in [-0.2, -0.15) is 0 Å². The van der Waals surface area contributed by atoms with Crippen LogP contribution in [0.15, 0.2) is 24.3 Å². The highest BCUT2D eigenvalue weighted by molar-refractivity contribution is 5.98. The lowest BCUT2D eigenvalue weighted by atomic mass is 10.1. The molecule has 4 rings (SSSR count). The van der Waals surface area contributed by atoms with Crippen LogP contribution in [0.25, 0.3) is 0 Å². The number of nitrogens with zero attached hydrogens (tertiary/aromatic N) is 3. The lowest BCUT2D eigenvalue weighted by molar-refractivity contribution is -0.137. The van der Waals surface area contributed by atoms with Crippen LogP contribution in [0.1, 0.15) is 29.6 Å². The highest BCUT2D eigenvalue weighted by Gasteiger charge is 2.46. The van der Waals surface area contributed by atoms with Gasteiger partial charge in [0, 0.05) is 57.9 Å². The zero-order valence-electron chi connectivity index (χ0n) is 18.5. The third-order valence-corrected chi connectivity index (χ3v) is 6.53. The Labute approximate surface area is 187 Å². The third-order valence-electron chi connectivity index (χ3n) is 6.53. The van der Waals surface area contributed by atoms with Crippen molar-refractivity contribution < 1.29 is 23.5 Å². The van der Waals surface area contributed by atoms with Crippen molar-refractivity contribution >= 4 is 17.7 Å². The predicted molar refractivity (Wildman–Crippen MR) is 115 cm³/mol. The molecule has 0 spiro atoms. The molecule has 8 nitrogen and oxygen atoms in total. The molecular weight excluding hydrogens is 415 g/mol. The zero-order valence-corrected chi connectivity index (χ0v) is 18.5. The standard InChI is InChI=1S/C23H31FN4O4/c1-32-13-12-27(21(29)16-2-3-16)19-14-20(23(31)26-10-8-25-9-11-26)28(15-19)22(30)17-4-6-18(24)7-5-17/h4-7,16,19-20,25H,2-3,8-15H2,1H3. The number of ether oxygens (including phenoxy) is 1. The number of halogens is 1. The molecule has 9 heteroatoms. The van der Waals surface area contributed by atoms with Crippen molar-refractivity contribution in [2.45, 2.75) is 31.3 Å². The summed E-state index contributed by atoms with van der Waals surface area (Å²) in [6.45, 7) is 3.73. The van der Waals surface area contributed by atoms with Gasteiger partial charge in [-0.05, 0) is 43.5 Å². The Morgan fingerprint density at radius 2 is 1.84 bits per heavy atom. The number of piperazine rings is 1. The summed E-state index contributed by atoms with van der Waals surface area (Å²) in [5, 5.41) is 3.23. The zero-order chi connectivity index (χ0) is 22.7. The lowest BCUT2D eigenvalue weighted by Gasteiger charge is -2.32. The smallest absolute Gasteiger partial charge is 0.254 e. The summed E-state index contributed by atoms with van der Waals surface area (Å²) in [6.07, 6.45) is 2.17. The first-order valence-corrected chi connectivity index (χ1v) is 11.3. The van der Waals surface area contributed by atoms with E-state index in [9.17, 15) is 18.8 Å². The van der Waals surface area contributed by atoms with Crippen molar-refractivity contribution in [1.82, 2.24) is 20.0 Å². The topological polar surface area (TPSA) is 82.2 Å². The van der Waals surface area contributed by atoms with Crippen LogP contribution in [0.2, 0.25) is 0 Å². The molecule has 1 N–H and O–H groups in total. The minimum absolute atomic E-state index is 0.0380. The van der Waals surface area contributed by atoms with Gasteiger partial charge in [-0.25, -0.2) is 4.39 Å². The fourth-order valence-electron chi connectivity index (χ4n) is 4.58.